The van der Waals surface area contributed by atoms with Crippen LogP contribution in [0.1, 0.15) is 65.2 Å². The molecule has 2 aliphatic carbocycles. The Balaban J connectivity index is 1.64. The monoisotopic (exact) mass is 251 g/mol. The van der Waals surface area contributed by atoms with Crippen LogP contribution in [-0.4, -0.2) is 18.9 Å². The number of rotatable bonds is 0. The molecule has 3 rings (SSSR count). The van der Waals surface area contributed by atoms with Crippen molar-refractivity contribution in [3.8, 4) is 0 Å². The van der Waals surface area contributed by atoms with E-state index >= 15 is 0 Å². The van der Waals surface area contributed by atoms with Crippen LogP contribution in [0.2, 0.25) is 0 Å². The predicted octanol–water partition coefficient (Wildman–Crippen LogP) is 3.71. The lowest BCUT2D eigenvalue weighted by atomic mass is 9.71. The molecule has 3 aliphatic rings. The Morgan fingerprint density at radius 3 is 2.22 bits per heavy atom. The van der Waals surface area contributed by atoms with Gasteiger partial charge in [0.2, 0.25) is 0 Å². The van der Waals surface area contributed by atoms with Crippen molar-refractivity contribution in [2.75, 3.05) is 13.2 Å². The van der Waals surface area contributed by atoms with E-state index in [2.05, 4.69) is 19.2 Å². The van der Waals surface area contributed by atoms with Gasteiger partial charge in [0.1, 0.15) is 5.72 Å². The first-order chi connectivity index (χ1) is 8.62. The van der Waals surface area contributed by atoms with Crippen LogP contribution in [0.4, 0.5) is 0 Å². The molecule has 104 valence electrons. The fraction of sp³-hybridized carbons (Fsp3) is 1.00. The van der Waals surface area contributed by atoms with Crippen LogP contribution in [-0.2, 0) is 4.74 Å². The molecule has 0 amide bonds. The maximum absolute atomic E-state index is 6.43. The van der Waals surface area contributed by atoms with Gasteiger partial charge in [-0.25, -0.2) is 0 Å². The molecular formula is C16H29NO. The Labute approximate surface area is 112 Å². The van der Waals surface area contributed by atoms with Gasteiger partial charge in [-0.05, 0) is 43.9 Å². The maximum Gasteiger partial charge on any atom is 0.119 e. The second-order valence-electron chi connectivity index (χ2n) is 7.55. The van der Waals surface area contributed by atoms with Gasteiger partial charge in [0.25, 0.3) is 0 Å². The lowest BCUT2D eigenvalue weighted by Crippen LogP contribution is -2.61. The summed E-state index contributed by atoms with van der Waals surface area (Å²) in [6.07, 6.45) is 10.8. The zero-order valence-electron chi connectivity index (χ0n) is 12.1. The highest BCUT2D eigenvalue weighted by Gasteiger charge is 2.46. The zero-order chi connectivity index (χ0) is 12.6. The molecule has 0 radical (unpaired) electrons. The minimum absolute atomic E-state index is 0.0276. The van der Waals surface area contributed by atoms with Crippen molar-refractivity contribution in [1.82, 2.24) is 5.32 Å². The molecule has 2 saturated carbocycles. The van der Waals surface area contributed by atoms with Crippen LogP contribution in [0.15, 0.2) is 0 Å². The Bertz CT molecular complexity index is 273. The van der Waals surface area contributed by atoms with Gasteiger partial charge in [-0.1, -0.05) is 33.1 Å². The molecule has 2 unspecified atom stereocenters. The zero-order valence-corrected chi connectivity index (χ0v) is 12.1. The summed E-state index contributed by atoms with van der Waals surface area (Å²) < 4.78 is 6.43. The molecular weight excluding hydrogens is 222 g/mol. The van der Waals surface area contributed by atoms with Crippen LogP contribution in [0.25, 0.3) is 0 Å². The van der Waals surface area contributed by atoms with Crippen LogP contribution in [0.5, 0.6) is 0 Å². The molecule has 1 aliphatic heterocycles. The quantitative estimate of drug-likeness (QED) is 0.708. The Kier molecular flexibility index (Phi) is 3.44. The standard InChI is InChI=1S/C16H29NO/c1-13-8-14(2)10-16(9-13)17-11-15(12-18-16)6-4-3-5-7-15/h13-14,17H,3-12H2,1-2H3. The number of ether oxygens (including phenoxy) is 1. The van der Waals surface area contributed by atoms with E-state index in [1.807, 2.05) is 0 Å². The van der Waals surface area contributed by atoms with Gasteiger partial charge in [-0.3, -0.25) is 5.32 Å². The highest BCUT2D eigenvalue weighted by atomic mass is 16.5. The second-order valence-corrected chi connectivity index (χ2v) is 7.55. The molecule has 1 heterocycles. The third-order valence-electron chi connectivity index (χ3n) is 5.52. The van der Waals surface area contributed by atoms with Crippen molar-refractivity contribution in [1.29, 1.82) is 0 Å². The van der Waals surface area contributed by atoms with Crippen molar-refractivity contribution in [2.45, 2.75) is 70.9 Å². The second kappa shape index (κ2) is 4.79. The summed E-state index contributed by atoms with van der Waals surface area (Å²) in [4.78, 5) is 0. The lowest BCUT2D eigenvalue weighted by molar-refractivity contribution is -0.181. The van der Waals surface area contributed by atoms with Crippen molar-refractivity contribution in [3.63, 3.8) is 0 Å². The third-order valence-corrected chi connectivity index (χ3v) is 5.52. The molecule has 2 heteroatoms. The average molecular weight is 251 g/mol. The van der Waals surface area contributed by atoms with Crippen molar-refractivity contribution in [2.24, 2.45) is 17.3 Å². The van der Waals surface area contributed by atoms with Crippen LogP contribution in [0, 0.1) is 17.3 Å². The maximum atomic E-state index is 6.43. The molecule has 0 aromatic rings. The van der Waals surface area contributed by atoms with E-state index in [0.29, 0.717) is 5.41 Å². The van der Waals surface area contributed by atoms with Gasteiger partial charge in [0, 0.05) is 12.0 Å². The number of hydrogen-bond donors (Lipinski definition) is 1. The number of nitrogens with one attached hydrogen (secondary N) is 1. The van der Waals surface area contributed by atoms with Gasteiger partial charge in [-0.15, -0.1) is 0 Å². The van der Waals surface area contributed by atoms with Crippen molar-refractivity contribution < 1.29 is 4.74 Å². The van der Waals surface area contributed by atoms with E-state index in [-0.39, 0.29) is 5.72 Å². The Morgan fingerprint density at radius 1 is 1.00 bits per heavy atom. The summed E-state index contributed by atoms with van der Waals surface area (Å²) in [5.41, 5.74) is 0.507. The fourth-order valence-corrected chi connectivity index (χ4v) is 4.69. The van der Waals surface area contributed by atoms with Crippen LogP contribution in [0.3, 0.4) is 0 Å². The summed E-state index contributed by atoms with van der Waals surface area (Å²) in [5, 5.41) is 3.83. The summed E-state index contributed by atoms with van der Waals surface area (Å²) in [6, 6.07) is 0. The normalized spacial score (nSPS) is 44.3. The minimum atomic E-state index is 0.0276. The molecule has 1 saturated heterocycles. The molecule has 2 spiro atoms. The number of hydrogen-bond acceptors (Lipinski definition) is 2. The Hall–Kier alpha value is -0.0800. The van der Waals surface area contributed by atoms with Crippen LogP contribution >= 0.6 is 0 Å². The van der Waals surface area contributed by atoms with Gasteiger partial charge < -0.3 is 4.74 Å². The smallest absolute Gasteiger partial charge is 0.119 e. The highest BCUT2D eigenvalue weighted by molar-refractivity contribution is 4.96. The van der Waals surface area contributed by atoms with Crippen LogP contribution < -0.4 is 5.32 Å². The Morgan fingerprint density at radius 2 is 1.67 bits per heavy atom. The topological polar surface area (TPSA) is 21.3 Å². The third kappa shape index (κ3) is 2.46. The van der Waals surface area contributed by atoms with Gasteiger partial charge in [0.15, 0.2) is 0 Å². The molecule has 0 aromatic carbocycles. The first-order valence-corrected chi connectivity index (χ1v) is 8.01. The average Bonchev–Trinajstić information content (AvgIpc) is 2.34. The summed E-state index contributed by atoms with van der Waals surface area (Å²) >= 11 is 0. The SMILES string of the molecule is CC1CC(C)CC2(C1)NCC1(CCCCC1)CO2. The molecule has 1 N–H and O–H groups in total. The van der Waals surface area contributed by atoms with E-state index in [9.17, 15) is 0 Å². The van der Waals surface area contributed by atoms with E-state index in [1.54, 1.807) is 0 Å². The fourth-order valence-electron chi connectivity index (χ4n) is 4.69. The molecule has 2 atom stereocenters. The summed E-state index contributed by atoms with van der Waals surface area (Å²) in [6.45, 7) is 6.98. The molecule has 2 nitrogen and oxygen atoms in total. The van der Waals surface area contributed by atoms with E-state index in [0.717, 1.165) is 18.4 Å². The molecule has 0 bridgehead atoms. The van der Waals surface area contributed by atoms with Gasteiger partial charge in [-0.2, -0.15) is 0 Å². The first kappa shape index (κ1) is 12.9. The predicted molar refractivity (Wildman–Crippen MR) is 74.4 cm³/mol. The molecule has 18 heavy (non-hydrogen) atoms. The van der Waals surface area contributed by atoms with E-state index in [1.165, 1.54) is 57.9 Å². The lowest BCUT2D eigenvalue weighted by Gasteiger charge is -2.52. The largest absolute Gasteiger partial charge is 0.360 e. The molecule has 3 fully saturated rings. The summed E-state index contributed by atoms with van der Waals surface area (Å²) in [5.74, 6) is 1.61. The first-order valence-electron chi connectivity index (χ1n) is 8.01. The van der Waals surface area contributed by atoms with E-state index in [4.69, 9.17) is 4.74 Å². The van der Waals surface area contributed by atoms with Gasteiger partial charge >= 0.3 is 0 Å². The summed E-state index contributed by atoms with van der Waals surface area (Å²) in [7, 11) is 0. The van der Waals surface area contributed by atoms with Crippen molar-refractivity contribution in [3.05, 3.63) is 0 Å². The van der Waals surface area contributed by atoms with Crippen molar-refractivity contribution >= 4 is 0 Å². The minimum Gasteiger partial charge on any atom is -0.360 e. The molecule has 0 aromatic heterocycles. The highest BCUT2D eigenvalue weighted by Crippen LogP contribution is 2.44. The van der Waals surface area contributed by atoms with E-state index < -0.39 is 0 Å². The van der Waals surface area contributed by atoms with Gasteiger partial charge in [0.05, 0.1) is 6.61 Å².